The number of β-amino-alcohol motifs (C(OH)–C–C–N with tert-alkyl or cyclic N) is 1. The molecular weight excluding hydrogens is 468 g/mol. The molecule has 2 aromatic heterocycles. The number of fused-ring (bicyclic) bond motifs is 1. The summed E-state index contributed by atoms with van der Waals surface area (Å²) in [6.45, 7) is 4.21. The number of halogens is 1. The Balaban J connectivity index is 1.41. The van der Waals surface area contributed by atoms with Crippen LogP contribution in [-0.4, -0.2) is 81.2 Å². The van der Waals surface area contributed by atoms with E-state index in [1.807, 2.05) is 36.3 Å². The zero-order valence-electron chi connectivity index (χ0n) is 19.3. The second-order valence-electron chi connectivity index (χ2n) is 8.62. The number of hydrogen-bond acceptors (Lipinski definition) is 8. The molecule has 0 aliphatic carbocycles. The van der Waals surface area contributed by atoms with Crippen LogP contribution in [0.2, 0.25) is 5.02 Å². The molecule has 4 aromatic rings. The smallest absolute Gasteiger partial charge is 0.249 e. The van der Waals surface area contributed by atoms with Crippen LogP contribution in [0, 0.1) is 0 Å². The molecule has 35 heavy (non-hydrogen) atoms. The molecule has 1 aliphatic rings. The standard InChI is InChI=1S/C25H27ClN6O3/c1-29(18-12-19(14-21(35)13-18)31-8-6-30(7-9-31)10-11-33)25-27-24-5-2-17(16-32(24)28-25)22-15-20(34)3-4-23(22)26/h2-5,12-16,33-35H,6-11H2,1H3. The number of aromatic hydroxyl groups is 2. The van der Waals surface area contributed by atoms with E-state index >= 15 is 0 Å². The van der Waals surface area contributed by atoms with E-state index in [4.69, 9.17) is 16.7 Å². The third-order valence-electron chi connectivity index (χ3n) is 6.31. The van der Waals surface area contributed by atoms with Gasteiger partial charge >= 0.3 is 0 Å². The van der Waals surface area contributed by atoms with Gasteiger partial charge in [-0.15, -0.1) is 5.10 Å². The minimum Gasteiger partial charge on any atom is -0.508 e. The number of hydrogen-bond donors (Lipinski definition) is 3. The van der Waals surface area contributed by atoms with Gasteiger partial charge in [0.05, 0.1) is 6.61 Å². The van der Waals surface area contributed by atoms with Gasteiger partial charge in [-0.25, -0.2) is 4.52 Å². The Morgan fingerprint density at radius 2 is 1.77 bits per heavy atom. The van der Waals surface area contributed by atoms with E-state index in [9.17, 15) is 10.2 Å². The van der Waals surface area contributed by atoms with Gasteiger partial charge in [0.1, 0.15) is 11.5 Å². The number of aliphatic hydroxyl groups is 1. The van der Waals surface area contributed by atoms with Crippen molar-refractivity contribution in [3.05, 3.63) is 59.8 Å². The number of anilines is 3. The molecule has 10 heteroatoms. The quantitative estimate of drug-likeness (QED) is 0.375. The molecule has 9 nitrogen and oxygen atoms in total. The van der Waals surface area contributed by atoms with Crippen molar-refractivity contribution in [3.8, 4) is 22.6 Å². The molecule has 0 saturated carbocycles. The number of benzene rings is 2. The monoisotopic (exact) mass is 494 g/mol. The van der Waals surface area contributed by atoms with Crippen molar-refractivity contribution in [1.29, 1.82) is 0 Å². The van der Waals surface area contributed by atoms with Crippen molar-refractivity contribution < 1.29 is 15.3 Å². The molecule has 0 spiro atoms. The summed E-state index contributed by atoms with van der Waals surface area (Å²) in [5.41, 5.74) is 3.87. The molecule has 1 fully saturated rings. The van der Waals surface area contributed by atoms with Crippen molar-refractivity contribution >= 4 is 34.6 Å². The summed E-state index contributed by atoms with van der Waals surface area (Å²) in [6, 6.07) is 14.0. The Labute approximate surface area is 208 Å². The number of phenolic OH excluding ortho intramolecular Hbond substituents is 2. The maximum atomic E-state index is 10.4. The summed E-state index contributed by atoms with van der Waals surface area (Å²) in [6.07, 6.45) is 1.82. The molecule has 5 rings (SSSR count). The Kier molecular flexibility index (Phi) is 6.38. The van der Waals surface area contributed by atoms with Crippen molar-refractivity contribution in [2.75, 3.05) is 56.2 Å². The molecule has 0 bridgehead atoms. The minimum absolute atomic E-state index is 0.137. The largest absolute Gasteiger partial charge is 0.508 e. The molecule has 3 N–H and O–H groups in total. The fourth-order valence-electron chi connectivity index (χ4n) is 4.35. The molecule has 1 aliphatic heterocycles. The highest BCUT2D eigenvalue weighted by Gasteiger charge is 2.19. The predicted molar refractivity (Wildman–Crippen MR) is 137 cm³/mol. The summed E-state index contributed by atoms with van der Waals surface area (Å²) in [5.74, 6) is 0.790. The Hall–Kier alpha value is -3.53. The van der Waals surface area contributed by atoms with Crippen LogP contribution in [-0.2, 0) is 0 Å². The first-order chi connectivity index (χ1) is 16.9. The number of aliphatic hydroxyl groups excluding tert-OH is 1. The first-order valence-electron chi connectivity index (χ1n) is 11.4. The highest BCUT2D eigenvalue weighted by Crippen LogP contribution is 2.33. The second kappa shape index (κ2) is 9.61. The summed E-state index contributed by atoms with van der Waals surface area (Å²) >= 11 is 6.33. The first-order valence-corrected chi connectivity index (χ1v) is 11.8. The number of rotatable bonds is 6. The van der Waals surface area contributed by atoms with E-state index in [0.717, 1.165) is 43.1 Å². The SMILES string of the molecule is CN(c1cc(O)cc(N2CCN(CCO)CC2)c1)c1nc2ccc(-c3cc(O)ccc3Cl)cn2n1. The van der Waals surface area contributed by atoms with Gasteiger partial charge in [0.2, 0.25) is 5.95 Å². The molecule has 2 aromatic carbocycles. The van der Waals surface area contributed by atoms with Crippen LogP contribution in [0.5, 0.6) is 11.5 Å². The van der Waals surface area contributed by atoms with Crippen LogP contribution in [0.15, 0.2) is 54.7 Å². The van der Waals surface area contributed by atoms with Crippen LogP contribution < -0.4 is 9.80 Å². The maximum absolute atomic E-state index is 10.4. The molecule has 0 radical (unpaired) electrons. The summed E-state index contributed by atoms with van der Waals surface area (Å²) < 4.78 is 1.67. The van der Waals surface area contributed by atoms with E-state index in [2.05, 4.69) is 19.9 Å². The van der Waals surface area contributed by atoms with Crippen LogP contribution in [0.1, 0.15) is 0 Å². The van der Waals surface area contributed by atoms with Gasteiger partial charge < -0.3 is 25.1 Å². The third-order valence-corrected chi connectivity index (χ3v) is 6.64. The molecule has 0 amide bonds. The Morgan fingerprint density at radius 3 is 2.54 bits per heavy atom. The highest BCUT2D eigenvalue weighted by molar-refractivity contribution is 6.33. The van der Waals surface area contributed by atoms with E-state index in [0.29, 0.717) is 28.7 Å². The Bertz CT molecular complexity index is 1350. The number of piperazine rings is 1. The average molecular weight is 495 g/mol. The molecule has 3 heterocycles. The molecule has 0 atom stereocenters. The first kappa shape index (κ1) is 23.2. The van der Waals surface area contributed by atoms with E-state index in [-0.39, 0.29) is 18.1 Å². The van der Waals surface area contributed by atoms with Crippen LogP contribution >= 0.6 is 11.6 Å². The highest BCUT2D eigenvalue weighted by atomic mass is 35.5. The number of aromatic nitrogens is 3. The lowest BCUT2D eigenvalue weighted by atomic mass is 10.1. The summed E-state index contributed by atoms with van der Waals surface area (Å²) in [5, 5.41) is 34.6. The molecule has 1 saturated heterocycles. The van der Waals surface area contributed by atoms with Crippen molar-refractivity contribution in [2.45, 2.75) is 0 Å². The van der Waals surface area contributed by atoms with Crippen LogP contribution in [0.3, 0.4) is 0 Å². The zero-order chi connectivity index (χ0) is 24.5. The van der Waals surface area contributed by atoms with Gasteiger partial charge in [-0.3, -0.25) is 4.90 Å². The van der Waals surface area contributed by atoms with E-state index < -0.39 is 0 Å². The normalized spacial score (nSPS) is 14.5. The van der Waals surface area contributed by atoms with Crippen molar-refractivity contribution in [2.24, 2.45) is 0 Å². The van der Waals surface area contributed by atoms with E-state index in [1.165, 1.54) is 0 Å². The fraction of sp³-hybridized carbons (Fsp3) is 0.280. The van der Waals surface area contributed by atoms with Crippen LogP contribution in [0.25, 0.3) is 16.8 Å². The number of pyridine rings is 1. The zero-order valence-corrected chi connectivity index (χ0v) is 20.1. The lowest BCUT2D eigenvalue weighted by molar-refractivity contribution is 0.189. The minimum atomic E-state index is 0.137. The van der Waals surface area contributed by atoms with Crippen molar-refractivity contribution in [1.82, 2.24) is 19.5 Å². The topological polar surface area (TPSA) is 101 Å². The van der Waals surface area contributed by atoms with Gasteiger partial charge in [-0.05, 0) is 36.4 Å². The number of nitrogens with zero attached hydrogens (tertiary/aromatic N) is 6. The summed E-state index contributed by atoms with van der Waals surface area (Å²) in [7, 11) is 1.86. The molecule has 0 unspecified atom stereocenters. The number of phenols is 2. The van der Waals surface area contributed by atoms with Crippen molar-refractivity contribution in [3.63, 3.8) is 0 Å². The fourth-order valence-corrected chi connectivity index (χ4v) is 4.58. The predicted octanol–water partition coefficient (Wildman–Crippen LogP) is 3.34. The molecule has 182 valence electrons. The Morgan fingerprint density at radius 1 is 0.971 bits per heavy atom. The van der Waals surface area contributed by atoms with E-state index in [1.54, 1.807) is 34.8 Å². The van der Waals surface area contributed by atoms with Gasteiger partial charge in [0, 0.05) is 85.6 Å². The lowest BCUT2D eigenvalue weighted by Gasteiger charge is -2.36. The molecular formula is C25H27ClN6O3. The average Bonchev–Trinajstić information content (AvgIpc) is 3.29. The van der Waals surface area contributed by atoms with Gasteiger partial charge in [0.15, 0.2) is 5.65 Å². The van der Waals surface area contributed by atoms with Gasteiger partial charge in [-0.1, -0.05) is 11.6 Å². The van der Waals surface area contributed by atoms with Gasteiger partial charge in [0.25, 0.3) is 0 Å². The summed E-state index contributed by atoms with van der Waals surface area (Å²) in [4.78, 5) is 10.9. The second-order valence-corrected chi connectivity index (χ2v) is 9.02. The maximum Gasteiger partial charge on any atom is 0.249 e. The third kappa shape index (κ3) is 4.84. The lowest BCUT2D eigenvalue weighted by Crippen LogP contribution is -2.47. The van der Waals surface area contributed by atoms with Crippen LogP contribution in [0.4, 0.5) is 17.3 Å². The van der Waals surface area contributed by atoms with Gasteiger partial charge in [-0.2, -0.15) is 4.98 Å².